The highest BCUT2D eigenvalue weighted by Gasteiger charge is 2.20. The fraction of sp³-hybridized carbons (Fsp3) is 0.400. The Labute approximate surface area is 86.7 Å². The van der Waals surface area contributed by atoms with E-state index in [1.165, 1.54) is 0 Å². The highest BCUT2D eigenvalue weighted by Crippen LogP contribution is 2.22. The molecular weight excluding hydrogens is 198 g/mol. The Morgan fingerprint density at radius 3 is 2.60 bits per heavy atom. The minimum absolute atomic E-state index is 0.286. The van der Waals surface area contributed by atoms with E-state index in [0.29, 0.717) is 17.7 Å². The van der Waals surface area contributed by atoms with Gasteiger partial charge in [0.05, 0.1) is 7.11 Å². The molecule has 0 aromatic carbocycles. The molecule has 1 heterocycles. The van der Waals surface area contributed by atoms with Crippen LogP contribution in [0.5, 0.6) is 5.75 Å². The van der Waals surface area contributed by atoms with Crippen LogP contribution in [0.25, 0.3) is 0 Å². The van der Waals surface area contributed by atoms with Crippen LogP contribution in [-0.2, 0) is 11.2 Å². The Bertz CT molecular complexity index is 447. The average Bonchev–Trinajstić information content (AvgIpc) is 2.17. The molecule has 0 saturated heterocycles. The molecule has 0 aliphatic rings. The maximum atomic E-state index is 11.4. The van der Waals surface area contributed by atoms with E-state index in [2.05, 4.69) is 9.72 Å². The number of nitrogens with one attached hydrogen (secondary N) is 1. The molecule has 0 saturated carbocycles. The van der Waals surface area contributed by atoms with Gasteiger partial charge < -0.3 is 14.8 Å². The lowest BCUT2D eigenvalue weighted by Crippen LogP contribution is -2.21. The van der Waals surface area contributed by atoms with E-state index in [-0.39, 0.29) is 11.3 Å². The van der Waals surface area contributed by atoms with Crippen LogP contribution in [0, 0.1) is 6.92 Å². The maximum Gasteiger partial charge on any atom is 0.347 e. The molecule has 1 aromatic rings. The van der Waals surface area contributed by atoms with Crippen molar-refractivity contribution in [3.8, 4) is 5.75 Å². The van der Waals surface area contributed by atoms with Crippen LogP contribution >= 0.6 is 0 Å². The SMILES string of the molecule is CCc1c(C)[nH]c(=O)c(C(=O)OC)c1O. The summed E-state index contributed by atoms with van der Waals surface area (Å²) in [5, 5.41) is 9.73. The number of hydrogen-bond acceptors (Lipinski definition) is 4. The van der Waals surface area contributed by atoms with Crippen molar-refractivity contribution >= 4 is 5.97 Å². The largest absolute Gasteiger partial charge is 0.506 e. The van der Waals surface area contributed by atoms with Gasteiger partial charge in [-0.25, -0.2) is 4.79 Å². The highest BCUT2D eigenvalue weighted by atomic mass is 16.5. The first kappa shape index (κ1) is 11.3. The van der Waals surface area contributed by atoms with Crippen molar-refractivity contribution in [1.82, 2.24) is 4.98 Å². The third-order valence-electron chi connectivity index (χ3n) is 2.25. The Kier molecular flexibility index (Phi) is 3.14. The molecule has 0 aliphatic carbocycles. The monoisotopic (exact) mass is 211 g/mol. The standard InChI is InChI=1S/C10H13NO4/c1-4-6-5(2)11-9(13)7(8(6)12)10(14)15-3/h4H2,1-3H3,(H2,11,12,13). The van der Waals surface area contributed by atoms with Crippen molar-refractivity contribution < 1.29 is 14.6 Å². The van der Waals surface area contributed by atoms with Gasteiger partial charge in [0.2, 0.25) is 0 Å². The number of aryl methyl sites for hydroxylation is 1. The first-order valence-electron chi connectivity index (χ1n) is 4.55. The van der Waals surface area contributed by atoms with Crippen LogP contribution in [0.4, 0.5) is 0 Å². The van der Waals surface area contributed by atoms with Crippen LogP contribution in [0.15, 0.2) is 4.79 Å². The third-order valence-corrected chi connectivity index (χ3v) is 2.25. The van der Waals surface area contributed by atoms with Gasteiger partial charge in [0.25, 0.3) is 5.56 Å². The first-order chi connectivity index (χ1) is 7.02. The van der Waals surface area contributed by atoms with E-state index in [1.54, 1.807) is 6.92 Å². The smallest absolute Gasteiger partial charge is 0.347 e. The van der Waals surface area contributed by atoms with Crippen molar-refractivity contribution in [3.05, 3.63) is 27.2 Å². The fourth-order valence-corrected chi connectivity index (χ4v) is 1.47. The third kappa shape index (κ3) is 1.86. The molecule has 0 bridgehead atoms. The number of carbonyl (C=O) groups is 1. The van der Waals surface area contributed by atoms with E-state index in [4.69, 9.17) is 0 Å². The molecule has 0 aliphatic heterocycles. The van der Waals surface area contributed by atoms with Crippen molar-refractivity contribution in [3.63, 3.8) is 0 Å². The highest BCUT2D eigenvalue weighted by molar-refractivity contribution is 5.92. The Morgan fingerprint density at radius 2 is 2.13 bits per heavy atom. The summed E-state index contributed by atoms with van der Waals surface area (Å²) in [6, 6.07) is 0. The summed E-state index contributed by atoms with van der Waals surface area (Å²) in [5.74, 6) is -1.12. The predicted molar refractivity (Wildman–Crippen MR) is 54.2 cm³/mol. The molecular formula is C10H13NO4. The van der Waals surface area contributed by atoms with Crippen LogP contribution in [-0.4, -0.2) is 23.2 Å². The summed E-state index contributed by atoms with van der Waals surface area (Å²) in [6.07, 6.45) is 0.526. The Balaban J connectivity index is 3.53. The number of H-pyrrole nitrogens is 1. The van der Waals surface area contributed by atoms with Crippen LogP contribution < -0.4 is 5.56 Å². The second-order valence-corrected chi connectivity index (χ2v) is 3.13. The van der Waals surface area contributed by atoms with Gasteiger partial charge in [-0.1, -0.05) is 6.92 Å². The minimum atomic E-state index is -0.830. The zero-order valence-electron chi connectivity index (χ0n) is 8.88. The van der Waals surface area contributed by atoms with Gasteiger partial charge in [0, 0.05) is 11.3 Å². The average molecular weight is 211 g/mol. The molecule has 5 nitrogen and oxygen atoms in total. The van der Waals surface area contributed by atoms with Crippen molar-refractivity contribution in [2.75, 3.05) is 7.11 Å². The number of methoxy groups -OCH3 is 1. The number of pyridine rings is 1. The Hall–Kier alpha value is -1.78. The van der Waals surface area contributed by atoms with E-state index in [9.17, 15) is 14.7 Å². The summed E-state index contributed by atoms with van der Waals surface area (Å²) < 4.78 is 4.42. The van der Waals surface area contributed by atoms with E-state index in [1.807, 2.05) is 6.92 Å². The molecule has 0 radical (unpaired) electrons. The number of aromatic amines is 1. The van der Waals surface area contributed by atoms with Gasteiger partial charge in [0.1, 0.15) is 5.75 Å². The minimum Gasteiger partial charge on any atom is -0.506 e. The molecule has 0 fully saturated rings. The zero-order chi connectivity index (χ0) is 11.6. The first-order valence-corrected chi connectivity index (χ1v) is 4.55. The summed E-state index contributed by atoms with van der Waals surface area (Å²) in [7, 11) is 1.16. The zero-order valence-corrected chi connectivity index (χ0v) is 8.88. The van der Waals surface area contributed by atoms with Gasteiger partial charge in [-0.3, -0.25) is 4.79 Å². The summed E-state index contributed by atoms with van der Waals surface area (Å²) in [4.78, 5) is 25.1. The maximum absolute atomic E-state index is 11.4. The summed E-state index contributed by atoms with van der Waals surface area (Å²) >= 11 is 0. The van der Waals surface area contributed by atoms with Gasteiger partial charge in [0.15, 0.2) is 5.56 Å². The number of carbonyl (C=O) groups excluding carboxylic acids is 1. The summed E-state index contributed by atoms with van der Waals surface area (Å²) in [5.41, 5.74) is 0.150. The second-order valence-electron chi connectivity index (χ2n) is 3.13. The van der Waals surface area contributed by atoms with Crippen molar-refractivity contribution in [1.29, 1.82) is 0 Å². The van der Waals surface area contributed by atoms with Gasteiger partial charge in [-0.15, -0.1) is 0 Å². The van der Waals surface area contributed by atoms with Crippen LogP contribution in [0.1, 0.15) is 28.5 Å². The predicted octanol–water partition coefficient (Wildman–Crippen LogP) is 0.738. The topological polar surface area (TPSA) is 79.4 Å². The molecule has 1 rings (SSSR count). The molecule has 5 heteroatoms. The number of esters is 1. The number of ether oxygens (including phenoxy) is 1. The number of hydrogen-bond donors (Lipinski definition) is 2. The molecule has 82 valence electrons. The number of rotatable bonds is 2. The van der Waals surface area contributed by atoms with E-state index in [0.717, 1.165) is 7.11 Å². The normalized spacial score (nSPS) is 10.1. The molecule has 2 N–H and O–H groups in total. The quantitative estimate of drug-likeness (QED) is 0.707. The lowest BCUT2D eigenvalue weighted by Gasteiger charge is -2.08. The number of aromatic hydroxyl groups is 1. The van der Waals surface area contributed by atoms with Gasteiger partial charge in [-0.05, 0) is 13.3 Å². The van der Waals surface area contributed by atoms with Crippen molar-refractivity contribution in [2.24, 2.45) is 0 Å². The molecule has 1 aromatic heterocycles. The van der Waals surface area contributed by atoms with Crippen molar-refractivity contribution in [2.45, 2.75) is 20.3 Å². The van der Waals surface area contributed by atoms with E-state index < -0.39 is 11.5 Å². The molecule has 0 unspecified atom stereocenters. The lowest BCUT2D eigenvalue weighted by atomic mass is 10.1. The Morgan fingerprint density at radius 1 is 1.53 bits per heavy atom. The van der Waals surface area contributed by atoms with E-state index >= 15 is 0 Å². The second kappa shape index (κ2) is 4.16. The van der Waals surface area contributed by atoms with Crippen LogP contribution in [0.2, 0.25) is 0 Å². The molecule has 15 heavy (non-hydrogen) atoms. The summed E-state index contributed by atoms with van der Waals surface area (Å²) in [6.45, 7) is 3.49. The van der Waals surface area contributed by atoms with Crippen LogP contribution in [0.3, 0.4) is 0 Å². The molecule has 0 amide bonds. The van der Waals surface area contributed by atoms with Gasteiger partial charge in [-0.2, -0.15) is 0 Å². The lowest BCUT2D eigenvalue weighted by molar-refractivity contribution is 0.0595. The molecule has 0 spiro atoms. The van der Waals surface area contributed by atoms with Gasteiger partial charge >= 0.3 is 5.97 Å². The number of aromatic nitrogens is 1. The molecule has 0 atom stereocenters. The fourth-order valence-electron chi connectivity index (χ4n) is 1.47.